The van der Waals surface area contributed by atoms with Gasteiger partial charge in [0.25, 0.3) is 11.1 Å². The third kappa shape index (κ3) is 2.87. The van der Waals surface area contributed by atoms with E-state index in [-0.39, 0.29) is 11.1 Å². The molecule has 0 bridgehead atoms. The van der Waals surface area contributed by atoms with Crippen LogP contribution in [-0.2, 0) is 0 Å². The van der Waals surface area contributed by atoms with Crippen LogP contribution in [0.1, 0.15) is 22.6 Å². The summed E-state index contributed by atoms with van der Waals surface area (Å²) in [6, 6.07) is 14.7. The topological polar surface area (TPSA) is 85.0 Å². The molecule has 28 heavy (non-hydrogen) atoms. The van der Waals surface area contributed by atoms with Crippen molar-refractivity contribution in [1.82, 2.24) is 19.4 Å². The van der Waals surface area contributed by atoms with Gasteiger partial charge in [-0.25, -0.2) is 9.67 Å². The fraction of sp³-hybridized carbons (Fsp3) is 0.143. The molecule has 140 valence electrons. The summed E-state index contributed by atoms with van der Waals surface area (Å²) < 4.78 is 2.68. The number of fused-ring (bicyclic) bond motifs is 1. The van der Waals surface area contributed by atoms with E-state index in [4.69, 9.17) is 0 Å². The molecular formula is C21H19N5O2. The molecule has 7 nitrogen and oxygen atoms in total. The summed E-state index contributed by atoms with van der Waals surface area (Å²) in [5.41, 5.74) is 2.88. The Bertz CT molecular complexity index is 1330. The van der Waals surface area contributed by atoms with Gasteiger partial charge in [0.05, 0.1) is 28.4 Å². The first-order valence-corrected chi connectivity index (χ1v) is 8.88. The molecule has 7 heteroatoms. The summed E-state index contributed by atoms with van der Waals surface area (Å²) in [7, 11) is 0. The molecule has 0 aliphatic carbocycles. The van der Waals surface area contributed by atoms with Crippen molar-refractivity contribution in [3.8, 4) is 5.69 Å². The van der Waals surface area contributed by atoms with Gasteiger partial charge in [-0.15, -0.1) is 0 Å². The van der Waals surface area contributed by atoms with E-state index < -0.39 is 0 Å². The number of hydrogen-bond acceptors (Lipinski definition) is 4. The molecule has 0 amide bonds. The first-order valence-electron chi connectivity index (χ1n) is 8.88. The predicted octanol–water partition coefficient (Wildman–Crippen LogP) is 2.68. The van der Waals surface area contributed by atoms with E-state index in [1.54, 1.807) is 19.9 Å². The van der Waals surface area contributed by atoms with Crippen molar-refractivity contribution in [2.45, 2.75) is 20.8 Å². The Morgan fingerprint density at radius 2 is 1.71 bits per heavy atom. The maximum Gasteiger partial charge on any atom is 0.282 e. The summed E-state index contributed by atoms with van der Waals surface area (Å²) in [5, 5.41) is 7.80. The van der Waals surface area contributed by atoms with Crippen LogP contribution in [0.15, 0.2) is 63.2 Å². The monoisotopic (exact) mass is 373 g/mol. The van der Waals surface area contributed by atoms with Crippen LogP contribution in [-0.4, -0.2) is 25.7 Å². The number of rotatable bonds is 3. The third-order valence-electron chi connectivity index (χ3n) is 4.67. The zero-order valence-corrected chi connectivity index (χ0v) is 15.8. The second-order valence-corrected chi connectivity index (χ2v) is 6.62. The zero-order chi connectivity index (χ0) is 19.8. The maximum absolute atomic E-state index is 12.8. The van der Waals surface area contributed by atoms with E-state index >= 15 is 0 Å². The SMILES string of the molecule is Cc1[nH]n(-c2ccccc2)c(=O)c1/C=N/n1c(C)nc2c(C)cccc2c1=O. The van der Waals surface area contributed by atoms with Crippen LogP contribution >= 0.6 is 0 Å². The summed E-state index contributed by atoms with van der Waals surface area (Å²) >= 11 is 0. The predicted molar refractivity (Wildman–Crippen MR) is 110 cm³/mol. The molecule has 0 unspecified atom stereocenters. The number of aromatic amines is 1. The third-order valence-corrected chi connectivity index (χ3v) is 4.67. The molecule has 0 radical (unpaired) electrons. The van der Waals surface area contributed by atoms with Crippen molar-refractivity contribution in [3.63, 3.8) is 0 Å². The molecule has 2 aromatic heterocycles. The fourth-order valence-corrected chi connectivity index (χ4v) is 3.17. The Hall–Kier alpha value is -3.74. The lowest BCUT2D eigenvalue weighted by Gasteiger charge is -2.06. The van der Waals surface area contributed by atoms with Gasteiger partial charge < -0.3 is 0 Å². The van der Waals surface area contributed by atoms with Crippen LogP contribution in [0.25, 0.3) is 16.6 Å². The second kappa shape index (κ2) is 6.77. The van der Waals surface area contributed by atoms with Crippen molar-refractivity contribution < 1.29 is 0 Å². The van der Waals surface area contributed by atoms with Crippen LogP contribution in [0, 0.1) is 20.8 Å². The normalized spacial score (nSPS) is 11.5. The van der Waals surface area contributed by atoms with Gasteiger partial charge in [-0.05, 0) is 44.5 Å². The standard InChI is InChI=1S/C21H19N5O2/c1-13-8-7-11-17-19(13)23-15(3)25(20(17)27)22-12-18-14(2)24-26(21(18)28)16-9-5-4-6-10-16/h4-12,24H,1-3H3/b22-12+. The number of nitrogens with one attached hydrogen (secondary N) is 1. The highest BCUT2D eigenvalue weighted by Gasteiger charge is 2.12. The van der Waals surface area contributed by atoms with Gasteiger partial charge in [0.1, 0.15) is 5.82 Å². The molecule has 0 spiro atoms. The van der Waals surface area contributed by atoms with Crippen molar-refractivity contribution >= 4 is 17.1 Å². The molecule has 0 aliphatic rings. The summed E-state index contributed by atoms with van der Waals surface area (Å²) in [6.45, 7) is 5.42. The van der Waals surface area contributed by atoms with Crippen LogP contribution in [0.4, 0.5) is 0 Å². The highest BCUT2D eigenvalue weighted by Crippen LogP contribution is 2.13. The first-order chi connectivity index (χ1) is 13.5. The Morgan fingerprint density at radius 1 is 0.964 bits per heavy atom. The van der Waals surface area contributed by atoms with E-state index in [9.17, 15) is 9.59 Å². The molecule has 0 atom stereocenters. The molecule has 0 fully saturated rings. The average Bonchev–Trinajstić information content (AvgIpc) is 2.97. The van der Waals surface area contributed by atoms with Gasteiger partial charge in [-0.3, -0.25) is 14.7 Å². The minimum Gasteiger partial charge on any atom is -0.295 e. The molecular weight excluding hydrogens is 354 g/mol. The molecule has 2 heterocycles. The lowest BCUT2D eigenvalue weighted by atomic mass is 10.1. The van der Waals surface area contributed by atoms with Crippen LogP contribution in [0.3, 0.4) is 0 Å². The molecule has 4 aromatic rings. The fourth-order valence-electron chi connectivity index (χ4n) is 3.17. The van der Waals surface area contributed by atoms with Crippen molar-refractivity contribution in [3.05, 3.63) is 91.9 Å². The number of nitrogens with zero attached hydrogens (tertiary/aromatic N) is 4. The number of hydrogen-bond donors (Lipinski definition) is 1. The molecule has 1 N–H and O–H groups in total. The molecule has 4 rings (SSSR count). The van der Waals surface area contributed by atoms with Crippen molar-refractivity contribution in [1.29, 1.82) is 0 Å². The van der Waals surface area contributed by atoms with E-state index in [0.717, 1.165) is 11.3 Å². The van der Waals surface area contributed by atoms with E-state index in [1.807, 2.05) is 49.4 Å². The zero-order valence-electron chi connectivity index (χ0n) is 15.8. The number of aryl methyl sites for hydroxylation is 3. The Morgan fingerprint density at radius 3 is 2.46 bits per heavy atom. The van der Waals surface area contributed by atoms with E-state index in [2.05, 4.69) is 15.2 Å². The van der Waals surface area contributed by atoms with Gasteiger partial charge >= 0.3 is 0 Å². The second-order valence-electron chi connectivity index (χ2n) is 6.62. The molecule has 0 saturated heterocycles. The molecule has 0 aliphatic heterocycles. The number of H-pyrrole nitrogens is 1. The Labute approximate surface area is 160 Å². The smallest absolute Gasteiger partial charge is 0.282 e. The summed E-state index contributed by atoms with van der Waals surface area (Å²) in [5.74, 6) is 0.458. The van der Waals surface area contributed by atoms with Crippen molar-refractivity contribution in [2.75, 3.05) is 0 Å². The van der Waals surface area contributed by atoms with Gasteiger partial charge in [-0.1, -0.05) is 30.3 Å². The largest absolute Gasteiger partial charge is 0.295 e. The van der Waals surface area contributed by atoms with Crippen LogP contribution < -0.4 is 11.1 Å². The van der Waals surface area contributed by atoms with Crippen molar-refractivity contribution in [2.24, 2.45) is 5.10 Å². The lowest BCUT2D eigenvalue weighted by Crippen LogP contribution is -2.22. The van der Waals surface area contributed by atoms with Gasteiger partial charge in [0, 0.05) is 5.69 Å². The van der Waals surface area contributed by atoms with E-state index in [1.165, 1.54) is 15.6 Å². The number of aromatic nitrogens is 4. The number of benzene rings is 2. The minimum atomic E-state index is -0.265. The number of para-hydroxylation sites is 2. The average molecular weight is 373 g/mol. The Balaban J connectivity index is 1.82. The lowest BCUT2D eigenvalue weighted by molar-refractivity contribution is 0.770. The molecule has 2 aromatic carbocycles. The van der Waals surface area contributed by atoms with Gasteiger partial charge in [0.2, 0.25) is 0 Å². The van der Waals surface area contributed by atoms with Gasteiger partial charge in [-0.2, -0.15) is 9.78 Å². The highest BCUT2D eigenvalue weighted by molar-refractivity contribution is 5.82. The van der Waals surface area contributed by atoms with Gasteiger partial charge in [0.15, 0.2) is 0 Å². The summed E-state index contributed by atoms with van der Waals surface area (Å²) in [4.78, 5) is 30.1. The van der Waals surface area contributed by atoms with Crippen LogP contribution in [0.2, 0.25) is 0 Å². The first kappa shape index (κ1) is 17.7. The minimum absolute atomic E-state index is 0.234. The quantitative estimate of drug-likeness (QED) is 0.560. The highest BCUT2D eigenvalue weighted by atomic mass is 16.1. The summed E-state index contributed by atoms with van der Waals surface area (Å²) in [6.07, 6.45) is 1.41. The molecule has 0 saturated carbocycles. The van der Waals surface area contributed by atoms with Crippen LogP contribution in [0.5, 0.6) is 0 Å². The maximum atomic E-state index is 12.8. The Kier molecular flexibility index (Phi) is 4.27. The van der Waals surface area contributed by atoms with E-state index in [0.29, 0.717) is 28.0 Å².